The van der Waals surface area contributed by atoms with Gasteiger partial charge < -0.3 is 15.6 Å². The molecular formula is C12H22N2O3. The summed E-state index contributed by atoms with van der Waals surface area (Å²) in [5, 5.41) is 12.6. The number of hydrogen-bond acceptors (Lipinski definition) is 4. The Kier molecular flexibility index (Phi) is 7.45. The van der Waals surface area contributed by atoms with Crippen molar-refractivity contribution in [3.63, 3.8) is 0 Å². The summed E-state index contributed by atoms with van der Waals surface area (Å²) in [6.45, 7) is 7.25. The number of amides is 1. The lowest BCUT2D eigenvalue weighted by Crippen LogP contribution is -2.46. The highest BCUT2D eigenvalue weighted by Gasteiger charge is 2.24. The first kappa shape index (κ1) is 15.8. The van der Waals surface area contributed by atoms with E-state index in [1.807, 2.05) is 19.1 Å². The summed E-state index contributed by atoms with van der Waals surface area (Å²) in [6.07, 6.45) is 2.94. The van der Waals surface area contributed by atoms with Crippen molar-refractivity contribution in [1.82, 2.24) is 5.32 Å². The van der Waals surface area contributed by atoms with Gasteiger partial charge in [0.05, 0.1) is 0 Å². The molecule has 5 heteroatoms. The van der Waals surface area contributed by atoms with Crippen LogP contribution >= 0.6 is 0 Å². The zero-order valence-corrected chi connectivity index (χ0v) is 10.6. The molecule has 0 aromatic heterocycles. The summed E-state index contributed by atoms with van der Waals surface area (Å²) in [4.78, 5) is 11.0. The zero-order chi connectivity index (χ0) is 13.4. The van der Waals surface area contributed by atoms with E-state index < -0.39 is 18.2 Å². The fourth-order valence-corrected chi connectivity index (χ4v) is 1.51. The van der Waals surface area contributed by atoms with Gasteiger partial charge in [0.2, 0.25) is 5.91 Å². The number of aliphatic hydroxyl groups excluding tert-OH is 1. The van der Waals surface area contributed by atoms with Gasteiger partial charge in [-0.05, 0) is 13.8 Å². The number of aliphatic hydroxyl groups is 1. The Hall–Kier alpha value is -1.17. The van der Waals surface area contributed by atoms with Gasteiger partial charge in [0.15, 0.2) is 0 Å². The standard InChI is InChI=1S/C12H22N2O3/c1-5-6-7-10(15)14-9(3)11(17-4)8(2)12(13)16/h5-6,9-11,14-15H,2,7H2,1,3-4H3,(H2,13,16)/b6-5-/t9-,10?,11?/m0/s1. The number of carbonyl (C=O) groups is 1. The molecule has 0 bridgehead atoms. The Labute approximate surface area is 102 Å². The summed E-state index contributed by atoms with van der Waals surface area (Å²) in [5.41, 5.74) is 5.33. The minimum Gasteiger partial charge on any atom is -0.378 e. The maximum Gasteiger partial charge on any atom is 0.246 e. The second-order valence-corrected chi connectivity index (χ2v) is 3.82. The molecule has 0 aromatic carbocycles. The minimum absolute atomic E-state index is 0.186. The highest BCUT2D eigenvalue weighted by Crippen LogP contribution is 2.09. The van der Waals surface area contributed by atoms with Gasteiger partial charge in [-0.1, -0.05) is 18.7 Å². The van der Waals surface area contributed by atoms with Gasteiger partial charge in [0.1, 0.15) is 12.3 Å². The molecule has 0 aromatic rings. The van der Waals surface area contributed by atoms with Gasteiger partial charge in [-0.25, -0.2) is 0 Å². The molecule has 0 aliphatic heterocycles. The molecule has 0 aliphatic carbocycles. The van der Waals surface area contributed by atoms with Crippen LogP contribution in [0, 0.1) is 0 Å². The monoisotopic (exact) mass is 242 g/mol. The van der Waals surface area contributed by atoms with Crippen LogP contribution in [0.4, 0.5) is 0 Å². The second kappa shape index (κ2) is 8.00. The Morgan fingerprint density at radius 1 is 1.65 bits per heavy atom. The zero-order valence-electron chi connectivity index (χ0n) is 10.6. The first-order valence-corrected chi connectivity index (χ1v) is 5.50. The third-order valence-corrected chi connectivity index (χ3v) is 2.42. The van der Waals surface area contributed by atoms with Crippen molar-refractivity contribution in [1.29, 1.82) is 0 Å². The summed E-state index contributed by atoms with van der Waals surface area (Å²) < 4.78 is 5.15. The number of nitrogens with one attached hydrogen (secondary N) is 1. The molecular weight excluding hydrogens is 220 g/mol. The van der Waals surface area contributed by atoms with Gasteiger partial charge in [-0.3, -0.25) is 10.1 Å². The Morgan fingerprint density at radius 2 is 2.24 bits per heavy atom. The number of rotatable bonds is 8. The quantitative estimate of drug-likeness (QED) is 0.325. The van der Waals surface area contributed by atoms with Crippen LogP contribution in [0.15, 0.2) is 24.3 Å². The molecule has 0 spiro atoms. The first-order valence-electron chi connectivity index (χ1n) is 5.50. The maximum atomic E-state index is 11.0. The molecule has 0 saturated heterocycles. The summed E-state index contributed by atoms with van der Waals surface area (Å²) in [5.74, 6) is -0.603. The number of nitrogens with two attached hydrogens (primary N) is 1. The average Bonchev–Trinajstić information content (AvgIpc) is 2.26. The molecule has 0 radical (unpaired) electrons. The van der Waals surface area contributed by atoms with E-state index >= 15 is 0 Å². The third-order valence-electron chi connectivity index (χ3n) is 2.42. The fourth-order valence-electron chi connectivity index (χ4n) is 1.51. The Balaban J connectivity index is 4.39. The first-order chi connectivity index (χ1) is 7.93. The summed E-state index contributed by atoms with van der Waals surface area (Å²) in [6, 6.07) is -0.264. The van der Waals surface area contributed by atoms with Crippen LogP contribution in [-0.2, 0) is 9.53 Å². The molecule has 3 atom stereocenters. The van der Waals surface area contributed by atoms with Crippen molar-refractivity contribution in [3.8, 4) is 0 Å². The topological polar surface area (TPSA) is 84.6 Å². The Bertz CT molecular complexity index is 289. The molecule has 98 valence electrons. The molecule has 1 amide bonds. The Morgan fingerprint density at radius 3 is 2.65 bits per heavy atom. The van der Waals surface area contributed by atoms with E-state index in [2.05, 4.69) is 11.9 Å². The predicted octanol–water partition coefficient (Wildman–Crippen LogP) is 0.306. The van der Waals surface area contributed by atoms with Gasteiger partial charge in [0, 0.05) is 25.1 Å². The third kappa shape index (κ3) is 5.63. The van der Waals surface area contributed by atoms with E-state index in [1.165, 1.54) is 7.11 Å². The maximum absolute atomic E-state index is 11.0. The van der Waals surface area contributed by atoms with Crippen LogP contribution in [-0.4, -0.2) is 36.5 Å². The van der Waals surface area contributed by atoms with Gasteiger partial charge in [0.25, 0.3) is 0 Å². The molecule has 0 fully saturated rings. The molecule has 17 heavy (non-hydrogen) atoms. The van der Waals surface area contributed by atoms with Gasteiger partial charge in [-0.15, -0.1) is 0 Å². The fraction of sp³-hybridized carbons (Fsp3) is 0.583. The highest BCUT2D eigenvalue weighted by molar-refractivity contribution is 5.92. The van der Waals surface area contributed by atoms with Crippen LogP contribution in [0.25, 0.3) is 0 Å². The van der Waals surface area contributed by atoms with Crippen molar-refractivity contribution in [2.75, 3.05) is 7.11 Å². The lowest BCUT2D eigenvalue weighted by Gasteiger charge is -2.26. The molecule has 4 N–H and O–H groups in total. The van der Waals surface area contributed by atoms with Crippen LogP contribution in [0.2, 0.25) is 0 Å². The smallest absolute Gasteiger partial charge is 0.246 e. The molecule has 5 nitrogen and oxygen atoms in total. The SMILES string of the molecule is C=C(C(N)=O)C(OC)[C@H](C)NC(O)C/C=C\C. The van der Waals surface area contributed by atoms with Crippen molar-refractivity contribution in [2.24, 2.45) is 5.73 Å². The largest absolute Gasteiger partial charge is 0.378 e. The van der Waals surface area contributed by atoms with Gasteiger partial charge in [-0.2, -0.15) is 0 Å². The van der Waals surface area contributed by atoms with Crippen LogP contribution < -0.4 is 11.1 Å². The minimum atomic E-state index is -0.695. The molecule has 0 heterocycles. The van der Waals surface area contributed by atoms with E-state index in [0.29, 0.717) is 6.42 Å². The lowest BCUT2D eigenvalue weighted by molar-refractivity contribution is -0.116. The number of hydrogen-bond donors (Lipinski definition) is 3. The van der Waals surface area contributed by atoms with Crippen molar-refractivity contribution >= 4 is 5.91 Å². The van der Waals surface area contributed by atoms with Crippen LogP contribution in [0.3, 0.4) is 0 Å². The van der Waals surface area contributed by atoms with E-state index in [1.54, 1.807) is 6.92 Å². The van der Waals surface area contributed by atoms with Crippen molar-refractivity contribution in [3.05, 3.63) is 24.3 Å². The summed E-state index contributed by atoms with van der Waals surface area (Å²) >= 11 is 0. The molecule has 2 unspecified atom stereocenters. The van der Waals surface area contributed by atoms with E-state index in [9.17, 15) is 9.90 Å². The second-order valence-electron chi connectivity index (χ2n) is 3.82. The normalized spacial score (nSPS) is 16.7. The van der Waals surface area contributed by atoms with Crippen LogP contribution in [0.1, 0.15) is 20.3 Å². The predicted molar refractivity (Wildman–Crippen MR) is 67.2 cm³/mol. The highest BCUT2D eigenvalue weighted by atomic mass is 16.5. The number of ether oxygens (including phenoxy) is 1. The van der Waals surface area contributed by atoms with E-state index in [-0.39, 0.29) is 11.6 Å². The summed E-state index contributed by atoms with van der Waals surface area (Å²) in [7, 11) is 1.47. The number of methoxy groups -OCH3 is 1. The van der Waals surface area contributed by atoms with Crippen molar-refractivity contribution < 1.29 is 14.6 Å². The molecule has 0 saturated carbocycles. The number of primary amides is 1. The number of allylic oxidation sites excluding steroid dienone is 1. The van der Waals surface area contributed by atoms with E-state index in [0.717, 1.165) is 0 Å². The lowest BCUT2D eigenvalue weighted by atomic mass is 10.0. The van der Waals surface area contributed by atoms with E-state index in [4.69, 9.17) is 10.5 Å². The molecule has 0 aliphatic rings. The van der Waals surface area contributed by atoms with Crippen molar-refractivity contribution in [2.45, 2.75) is 38.6 Å². The van der Waals surface area contributed by atoms with Gasteiger partial charge >= 0.3 is 0 Å². The molecule has 0 rings (SSSR count). The van der Waals surface area contributed by atoms with Crippen LogP contribution in [0.5, 0.6) is 0 Å². The number of carbonyl (C=O) groups excluding carboxylic acids is 1. The average molecular weight is 242 g/mol.